The number of hydrogen-bond donors (Lipinski definition) is 0. The van der Waals surface area contributed by atoms with Gasteiger partial charge < -0.3 is 0 Å². The van der Waals surface area contributed by atoms with E-state index in [-0.39, 0.29) is 0 Å². The number of rotatable bonds is 1. The van der Waals surface area contributed by atoms with Crippen LogP contribution in [0.25, 0.3) is 11.1 Å². The van der Waals surface area contributed by atoms with Crippen molar-refractivity contribution < 1.29 is 0 Å². The maximum atomic E-state index is 4.31. The van der Waals surface area contributed by atoms with E-state index in [9.17, 15) is 0 Å². The second kappa shape index (κ2) is 3.87. The summed E-state index contributed by atoms with van der Waals surface area (Å²) in [7, 11) is 0. The highest BCUT2D eigenvalue weighted by Crippen LogP contribution is 2.46. The lowest BCUT2D eigenvalue weighted by molar-refractivity contribution is 1.17. The van der Waals surface area contributed by atoms with Crippen molar-refractivity contribution in [3.05, 3.63) is 45.5 Å². The van der Waals surface area contributed by atoms with Crippen molar-refractivity contribution in [1.82, 2.24) is 0 Å². The molecule has 17 heavy (non-hydrogen) atoms. The first kappa shape index (κ1) is 12.2. The highest BCUT2D eigenvalue weighted by Gasteiger charge is 2.26. The van der Waals surface area contributed by atoms with Gasteiger partial charge in [0.2, 0.25) is 0 Å². The lowest BCUT2D eigenvalue weighted by atomic mass is 9.88. The minimum Gasteiger partial charge on any atom is -0.0908 e. The van der Waals surface area contributed by atoms with E-state index in [2.05, 4.69) is 48.1 Å². The van der Waals surface area contributed by atoms with E-state index in [1.165, 1.54) is 50.1 Å². The molecule has 0 saturated carbocycles. The molecular weight excluding hydrogens is 204 g/mol. The van der Waals surface area contributed by atoms with Gasteiger partial charge in [0.1, 0.15) is 0 Å². The Bertz CT molecular complexity index is 554. The van der Waals surface area contributed by atoms with Crippen LogP contribution in [0.1, 0.15) is 53.6 Å². The Morgan fingerprint density at radius 1 is 0.765 bits per heavy atom. The zero-order valence-corrected chi connectivity index (χ0v) is 11.9. The zero-order chi connectivity index (χ0) is 12.9. The summed E-state index contributed by atoms with van der Waals surface area (Å²) in [5.74, 6) is 0. The van der Waals surface area contributed by atoms with Crippen molar-refractivity contribution in [3.8, 4) is 0 Å². The van der Waals surface area contributed by atoms with Crippen LogP contribution < -0.4 is 0 Å². The third-order valence-corrected chi connectivity index (χ3v) is 4.53. The Labute approximate surface area is 105 Å². The van der Waals surface area contributed by atoms with Gasteiger partial charge in [-0.2, -0.15) is 0 Å². The van der Waals surface area contributed by atoms with Crippen molar-refractivity contribution in [3.63, 3.8) is 0 Å². The van der Waals surface area contributed by atoms with Crippen molar-refractivity contribution in [1.29, 1.82) is 0 Å². The van der Waals surface area contributed by atoms with Crippen LogP contribution in [-0.2, 0) is 0 Å². The normalized spacial score (nSPS) is 14.6. The highest BCUT2D eigenvalue weighted by molar-refractivity contribution is 6.01. The summed E-state index contributed by atoms with van der Waals surface area (Å²) < 4.78 is 0. The fourth-order valence-corrected chi connectivity index (χ4v) is 3.17. The number of benzene rings is 1. The van der Waals surface area contributed by atoms with Crippen LogP contribution in [0.4, 0.5) is 0 Å². The van der Waals surface area contributed by atoms with Gasteiger partial charge in [-0.05, 0) is 91.1 Å². The van der Waals surface area contributed by atoms with Gasteiger partial charge in [0.25, 0.3) is 0 Å². The summed E-state index contributed by atoms with van der Waals surface area (Å²) in [5, 5.41) is 0. The van der Waals surface area contributed by atoms with E-state index in [4.69, 9.17) is 0 Å². The minimum absolute atomic E-state index is 1.08. The van der Waals surface area contributed by atoms with E-state index >= 15 is 0 Å². The van der Waals surface area contributed by atoms with Gasteiger partial charge in [0.05, 0.1) is 0 Å². The molecule has 1 aliphatic carbocycles. The molecule has 0 N–H and O–H groups in total. The Morgan fingerprint density at radius 2 is 1.24 bits per heavy atom. The summed E-state index contributed by atoms with van der Waals surface area (Å²) >= 11 is 0. The molecule has 0 radical (unpaired) electrons. The second-order valence-electron chi connectivity index (χ2n) is 5.19. The van der Waals surface area contributed by atoms with Gasteiger partial charge in [-0.1, -0.05) is 13.5 Å². The Morgan fingerprint density at radius 3 is 1.71 bits per heavy atom. The molecule has 0 heterocycles. The van der Waals surface area contributed by atoms with Crippen LogP contribution in [0.15, 0.2) is 12.2 Å². The van der Waals surface area contributed by atoms with E-state index in [1.54, 1.807) is 0 Å². The van der Waals surface area contributed by atoms with Gasteiger partial charge in [-0.25, -0.2) is 0 Å². The van der Waals surface area contributed by atoms with Crippen molar-refractivity contribution in [2.24, 2.45) is 0 Å². The molecule has 0 bridgehead atoms. The molecule has 0 aliphatic heterocycles. The molecule has 0 saturated heterocycles. The third kappa shape index (κ3) is 1.43. The lowest BCUT2D eigenvalue weighted by Crippen LogP contribution is -1.99. The quantitative estimate of drug-likeness (QED) is 0.622. The maximum Gasteiger partial charge on any atom is -0.00769 e. The van der Waals surface area contributed by atoms with Crippen molar-refractivity contribution >= 4 is 11.1 Å². The smallest absolute Gasteiger partial charge is 0.00769 e. The minimum atomic E-state index is 1.08. The molecule has 0 spiro atoms. The third-order valence-electron chi connectivity index (χ3n) is 4.53. The molecule has 1 aromatic rings. The molecule has 0 amide bonds. The largest absolute Gasteiger partial charge is 0.0908 e. The number of fused-ring (bicyclic) bond motifs is 1. The maximum absolute atomic E-state index is 4.31. The summed E-state index contributed by atoms with van der Waals surface area (Å²) in [4.78, 5) is 0. The Hall–Kier alpha value is -1.30. The van der Waals surface area contributed by atoms with E-state index in [0.29, 0.717) is 0 Å². The molecular formula is C17H22. The van der Waals surface area contributed by atoms with Crippen LogP contribution in [0.2, 0.25) is 0 Å². The molecule has 1 aromatic carbocycles. The average molecular weight is 226 g/mol. The molecule has 0 atom stereocenters. The Kier molecular flexibility index (Phi) is 2.77. The summed E-state index contributed by atoms with van der Waals surface area (Å²) in [6, 6.07) is 0. The van der Waals surface area contributed by atoms with Crippen LogP contribution in [0.5, 0.6) is 0 Å². The standard InChI is InChI=1S/C17H22/c1-8-15-13(6)16-11(4)9(2)10(3)12(5)17(16)14(15)7/h6,8H2,1-5,7H3. The molecule has 0 heteroatoms. The van der Waals surface area contributed by atoms with Gasteiger partial charge >= 0.3 is 0 Å². The first-order chi connectivity index (χ1) is 7.91. The van der Waals surface area contributed by atoms with Crippen molar-refractivity contribution in [2.45, 2.75) is 48.0 Å². The summed E-state index contributed by atoms with van der Waals surface area (Å²) in [6.45, 7) is 17.7. The van der Waals surface area contributed by atoms with E-state index in [1.807, 2.05) is 0 Å². The molecule has 0 aromatic heterocycles. The first-order valence-corrected chi connectivity index (χ1v) is 6.41. The van der Waals surface area contributed by atoms with Crippen LogP contribution in [0.3, 0.4) is 0 Å². The average Bonchev–Trinajstić information content (AvgIpc) is 2.55. The van der Waals surface area contributed by atoms with E-state index < -0.39 is 0 Å². The fourth-order valence-electron chi connectivity index (χ4n) is 3.17. The molecule has 0 fully saturated rings. The molecule has 1 aliphatic rings. The first-order valence-electron chi connectivity index (χ1n) is 6.41. The van der Waals surface area contributed by atoms with Crippen LogP contribution in [0, 0.1) is 27.7 Å². The molecule has 0 unspecified atom stereocenters. The van der Waals surface area contributed by atoms with E-state index in [0.717, 1.165) is 6.42 Å². The zero-order valence-electron chi connectivity index (χ0n) is 11.9. The van der Waals surface area contributed by atoms with Gasteiger partial charge in [-0.15, -0.1) is 0 Å². The monoisotopic (exact) mass is 226 g/mol. The number of allylic oxidation sites excluding steroid dienone is 3. The topological polar surface area (TPSA) is 0 Å². The van der Waals surface area contributed by atoms with Crippen molar-refractivity contribution in [2.75, 3.05) is 0 Å². The Balaban J connectivity index is 2.89. The predicted molar refractivity (Wildman–Crippen MR) is 77.3 cm³/mol. The van der Waals surface area contributed by atoms with Gasteiger partial charge in [-0.3, -0.25) is 0 Å². The number of hydrogen-bond acceptors (Lipinski definition) is 0. The lowest BCUT2D eigenvalue weighted by Gasteiger charge is -2.17. The van der Waals surface area contributed by atoms with Gasteiger partial charge in [0.15, 0.2) is 0 Å². The SMILES string of the molecule is C=C1C(CC)=C(C)c2c(C)c(C)c(C)c(C)c21. The molecule has 2 rings (SSSR count). The van der Waals surface area contributed by atoms with Crippen LogP contribution in [-0.4, -0.2) is 0 Å². The molecule has 90 valence electrons. The summed E-state index contributed by atoms with van der Waals surface area (Å²) in [5.41, 5.74) is 12.7. The fraction of sp³-hybridized carbons (Fsp3) is 0.412. The second-order valence-corrected chi connectivity index (χ2v) is 5.19. The van der Waals surface area contributed by atoms with Crippen LogP contribution >= 0.6 is 0 Å². The summed E-state index contributed by atoms with van der Waals surface area (Å²) in [6.07, 6.45) is 1.08. The molecule has 0 nitrogen and oxygen atoms in total. The van der Waals surface area contributed by atoms with Gasteiger partial charge in [0, 0.05) is 0 Å². The predicted octanol–water partition coefficient (Wildman–Crippen LogP) is 5.13. The highest BCUT2D eigenvalue weighted by atomic mass is 14.3.